The maximum atomic E-state index is 5.92. The van der Waals surface area contributed by atoms with E-state index in [2.05, 4.69) is 30.5 Å². The summed E-state index contributed by atoms with van der Waals surface area (Å²) >= 11 is 0. The molecule has 0 radical (unpaired) electrons. The maximum absolute atomic E-state index is 5.92. The van der Waals surface area contributed by atoms with Crippen LogP contribution in [0.3, 0.4) is 0 Å². The largest absolute Gasteiger partial charge is 0.372 e. The molecule has 0 spiro atoms. The lowest BCUT2D eigenvalue weighted by atomic mass is 9.97. The van der Waals surface area contributed by atoms with Crippen molar-refractivity contribution >= 4 is 0 Å². The van der Waals surface area contributed by atoms with Crippen LogP contribution in [0.4, 0.5) is 0 Å². The summed E-state index contributed by atoms with van der Waals surface area (Å²) in [7, 11) is 0. The molecule has 0 aliphatic carbocycles. The average molecular weight is 223 g/mol. The Kier molecular flexibility index (Phi) is 3.96. The van der Waals surface area contributed by atoms with Crippen molar-refractivity contribution in [3.63, 3.8) is 0 Å². The topological polar surface area (TPSA) is 39.1 Å². The Morgan fingerprint density at radius 1 is 1.62 bits per heavy atom. The molecule has 1 saturated heterocycles. The van der Waals surface area contributed by atoms with Crippen molar-refractivity contribution in [1.29, 1.82) is 0 Å². The Bertz CT molecular complexity index is 324. The number of aryl methyl sites for hydroxylation is 1. The lowest BCUT2D eigenvalue weighted by molar-refractivity contribution is -0.00660. The molecule has 0 bridgehead atoms. The van der Waals surface area contributed by atoms with Crippen LogP contribution in [0.15, 0.2) is 12.4 Å². The number of ether oxygens (including phenoxy) is 1. The third-order valence-corrected chi connectivity index (χ3v) is 3.23. The predicted octanol–water partition coefficient (Wildman–Crippen LogP) is 1.42. The van der Waals surface area contributed by atoms with Gasteiger partial charge < -0.3 is 10.1 Å². The van der Waals surface area contributed by atoms with E-state index < -0.39 is 0 Å². The van der Waals surface area contributed by atoms with Gasteiger partial charge in [0.05, 0.1) is 18.9 Å². The summed E-state index contributed by atoms with van der Waals surface area (Å²) in [6.07, 6.45) is 5.50. The van der Waals surface area contributed by atoms with Gasteiger partial charge >= 0.3 is 0 Å². The smallest absolute Gasteiger partial charge is 0.0752 e. The summed E-state index contributed by atoms with van der Waals surface area (Å²) in [5.74, 6) is 0.655. The van der Waals surface area contributed by atoms with E-state index in [0.29, 0.717) is 18.6 Å². The first-order valence-corrected chi connectivity index (χ1v) is 6.13. The fourth-order valence-electron chi connectivity index (χ4n) is 2.04. The number of rotatable bonds is 4. The zero-order valence-electron chi connectivity index (χ0n) is 10.1. The van der Waals surface area contributed by atoms with Gasteiger partial charge in [0.2, 0.25) is 0 Å². The fraction of sp³-hybridized carbons (Fsp3) is 0.750. The van der Waals surface area contributed by atoms with Gasteiger partial charge in [-0.3, -0.25) is 4.68 Å². The molecule has 4 nitrogen and oxygen atoms in total. The molecule has 2 atom stereocenters. The Morgan fingerprint density at radius 2 is 2.50 bits per heavy atom. The molecule has 1 aromatic heterocycles. The Morgan fingerprint density at radius 3 is 3.19 bits per heavy atom. The molecule has 1 aromatic rings. The van der Waals surface area contributed by atoms with Crippen LogP contribution >= 0.6 is 0 Å². The van der Waals surface area contributed by atoms with Crippen molar-refractivity contribution in [2.45, 2.75) is 39.5 Å². The van der Waals surface area contributed by atoms with Gasteiger partial charge in [-0.05, 0) is 25.8 Å². The summed E-state index contributed by atoms with van der Waals surface area (Å²) < 4.78 is 7.86. The van der Waals surface area contributed by atoms with Crippen LogP contribution in [-0.2, 0) is 17.9 Å². The van der Waals surface area contributed by atoms with Gasteiger partial charge in [-0.1, -0.05) is 6.92 Å². The second-order valence-corrected chi connectivity index (χ2v) is 4.52. The van der Waals surface area contributed by atoms with E-state index in [9.17, 15) is 0 Å². The lowest BCUT2D eigenvalue weighted by Gasteiger charge is -2.29. The molecular formula is C12H21N3O. The summed E-state index contributed by atoms with van der Waals surface area (Å²) in [5, 5.41) is 7.61. The van der Waals surface area contributed by atoms with Crippen molar-refractivity contribution in [1.82, 2.24) is 15.1 Å². The van der Waals surface area contributed by atoms with Crippen LogP contribution in [0.2, 0.25) is 0 Å². The zero-order chi connectivity index (χ0) is 11.4. The van der Waals surface area contributed by atoms with Gasteiger partial charge in [0.25, 0.3) is 0 Å². The minimum absolute atomic E-state index is 0.346. The van der Waals surface area contributed by atoms with E-state index in [1.165, 1.54) is 12.0 Å². The Labute approximate surface area is 97.0 Å². The van der Waals surface area contributed by atoms with Crippen LogP contribution in [0.1, 0.15) is 25.8 Å². The first-order chi connectivity index (χ1) is 7.79. The SMILES string of the molecule is CCn1cc(COC2CNCCC2C)cn1. The summed E-state index contributed by atoms with van der Waals surface area (Å²) in [4.78, 5) is 0. The maximum Gasteiger partial charge on any atom is 0.0752 e. The van der Waals surface area contributed by atoms with E-state index in [0.717, 1.165) is 19.6 Å². The minimum Gasteiger partial charge on any atom is -0.372 e. The van der Waals surface area contributed by atoms with E-state index in [1.54, 1.807) is 0 Å². The highest BCUT2D eigenvalue weighted by Crippen LogP contribution is 2.16. The van der Waals surface area contributed by atoms with Crippen molar-refractivity contribution in [3.05, 3.63) is 18.0 Å². The van der Waals surface area contributed by atoms with Crippen molar-refractivity contribution in [3.8, 4) is 0 Å². The van der Waals surface area contributed by atoms with E-state index in [4.69, 9.17) is 4.74 Å². The number of aromatic nitrogens is 2. The lowest BCUT2D eigenvalue weighted by Crippen LogP contribution is -2.40. The molecule has 2 heterocycles. The monoisotopic (exact) mass is 223 g/mol. The molecule has 4 heteroatoms. The Balaban J connectivity index is 1.81. The molecule has 2 unspecified atom stereocenters. The normalized spacial score (nSPS) is 25.9. The van der Waals surface area contributed by atoms with Crippen molar-refractivity contribution in [2.75, 3.05) is 13.1 Å². The number of hydrogen-bond acceptors (Lipinski definition) is 3. The number of nitrogens with one attached hydrogen (secondary N) is 1. The number of piperidine rings is 1. The molecular weight excluding hydrogens is 202 g/mol. The standard InChI is InChI=1S/C12H21N3O/c1-3-15-8-11(6-14-15)9-16-12-7-13-5-4-10(12)2/h6,8,10,12-13H,3-5,7,9H2,1-2H3. The highest BCUT2D eigenvalue weighted by atomic mass is 16.5. The molecule has 2 rings (SSSR count). The fourth-order valence-corrected chi connectivity index (χ4v) is 2.04. The third-order valence-electron chi connectivity index (χ3n) is 3.23. The van der Waals surface area contributed by atoms with Gasteiger partial charge in [0.1, 0.15) is 0 Å². The van der Waals surface area contributed by atoms with Gasteiger partial charge in [-0.2, -0.15) is 5.10 Å². The highest BCUT2D eigenvalue weighted by molar-refractivity contribution is 5.02. The molecule has 0 saturated carbocycles. The second-order valence-electron chi connectivity index (χ2n) is 4.52. The Hall–Kier alpha value is -0.870. The van der Waals surface area contributed by atoms with Crippen LogP contribution in [0.5, 0.6) is 0 Å². The molecule has 90 valence electrons. The van der Waals surface area contributed by atoms with Gasteiger partial charge in [0.15, 0.2) is 0 Å². The second kappa shape index (κ2) is 5.46. The third kappa shape index (κ3) is 2.83. The van der Waals surface area contributed by atoms with Crippen LogP contribution in [0.25, 0.3) is 0 Å². The van der Waals surface area contributed by atoms with E-state index in [1.807, 2.05) is 10.9 Å². The average Bonchev–Trinajstić information content (AvgIpc) is 2.76. The minimum atomic E-state index is 0.346. The van der Waals surface area contributed by atoms with Gasteiger partial charge in [-0.15, -0.1) is 0 Å². The molecule has 0 aromatic carbocycles. The number of nitrogens with zero attached hydrogens (tertiary/aromatic N) is 2. The molecule has 1 aliphatic rings. The van der Waals surface area contributed by atoms with Gasteiger partial charge in [-0.25, -0.2) is 0 Å². The quantitative estimate of drug-likeness (QED) is 0.839. The number of hydrogen-bond donors (Lipinski definition) is 1. The first-order valence-electron chi connectivity index (χ1n) is 6.13. The van der Waals surface area contributed by atoms with Crippen molar-refractivity contribution < 1.29 is 4.74 Å². The summed E-state index contributed by atoms with van der Waals surface area (Å²) in [5.41, 5.74) is 1.17. The molecule has 1 N–H and O–H groups in total. The summed E-state index contributed by atoms with van der Waals surface area (Å²) in [6, 6.07) is 0. The van der Waals surface area contributed by atoms with Gasteiger partial charge in [0, 0.05) is 24.8 Å². The van der Waals surface area contributed by atoms with Crippen LogP contribution in [-0.4, -0.2) is 29.0 Å². The van der Waals surface area contributed by atoms with Crippen LogP contribution in [0, 0.1) is 5.92 Å². The van der Waals surface area contributed by atoms with E-state index >= 15 is 0 Å². The molecule has 1 fully saturated rings. The highest BCUT2D eigenvalue weighted by Gasteiger charge is 2.21. The first kappa shape index (κ1) is 11.6. The molecule has 0 amide bonds. The predicted molar refractivity (Wildman–Crippen MR) is 63.1 cm³/mol. The molecule has 1 aliphatic heterocycles. The zero-order valence-corrected chi connectivity index (χ0v) is 10.1. The van der Waals surface area contributed by atoms with Crippen molar-refractivity contribution in [2.24, 2.45) is 5.92 Å². The summed E-state index contributed by atoms with van der Waals surface area (Å²) in [6.45, 7) is 8.04. The van der Waals surface area contributed by atoms with E-state index in [-0.39, 0.29) is 0 Å². The molecule has 16 heavy (non-hydrogen) atoms. The van der Waals surface area contributed by atoms with Crippen LogP contribution < -0.4 is 5.32 Å².